The van der Waals surface area contributed by atoms with Crippen LogP contribution in [-0.2, 0) is 9.59 Å². The maximum absolute atomic E-state index is 12.0. The summed E-state index contributed by atoms with van der Waals surface area (Å²) in [5, 5.41) is 11.6. The fraction of sp³-hybridized carbons (Fsp3) is 0.154. The summed E-state index contributed by atoms with van der Waals surface area (Å²) in [6, 6.07) is 7.61. The molecule has 1 heterocycles. The van der Waals surface area contributed by atoms with Crippen molar-refractivity contribution < 1.29 is 14.7 Å². The van der Waals surface area contributed by atoms with E-state index in [0.29, 0.717) is 0 Å². The van der Waals surface area contributed by atoms with Gasteiger partial charge in [-0.2, -0.15) is 0 Å². The van der Waals surface area contributed by atoms with E-state index in [9.17, 15) is 9.59 Å². The third-order valence-corrected chi connectivity index (χ3v) is 2.97. The number of amides is 1. The van der Waals surface area contributed by atoms with Gasteiger partial charge in [0.15, 0.2) is 5.11 Å². The predicted molar refractivity (Wildman–Crippen MR) is 74.2 cm³/mol. The number of rotatable bonds is 3. The second kappa shape index (κ2) is 5.19. The van der Waals surface area contributed by atoms with Crippen LogP contribution < -0.4 is 5.32 Å². The highest BCUT2D eigenvalue weighted by molar-refractivity contribution is 7.80. The smallest absolute Gasteiger partial charge is 0.323 e. The van der Waals surface area contributed by atoms with Crippen molar-refractivity contribution >= 4 is 35.3 Å². The lowest BCUT2D eigenvalue weighted by atomic mass is 10.1. The minimum atomic E-state index is -1.10. The van der Waals surface area contributed by atoms with Gasteiger partial charge in [-0.1, -0.05) is 29.8 Å². The molecule has 1 aliphatic rings. The van der Waals surface area contributed by atoms with Gasteiger partial charge in [0, 0.05) is 0 Å². The lowest BCUT2D eigenvalue weighted by Crippen LogP contribution is -2.35. The predicted octanol–water partition coefficient (Wildman–Crippen LogP) is 1.14. The van der Waals surface area contributed by atoms with Crippen molar-refractivity contribution in [3.8, 4) is 0 Å². The summed E-state index contributed by atoms with van der Waals surface area (Å²) >= 11 is 4.94. The maximum atomic E-state index is 12.0. The van der Waals surface area contributed by atoms with Gasteiger partial charge in [-0.05, 0) is 30.8 Å². The number of aliphatic carboxylic acids is 1. The number of carbonyl (C=O) groups excluding carboxylic acids is 1. The van der Waals surface area contributed by atoms with E-state index < -0.39 is 18.4 Å². The molecule has 0 saturated carbocycles. The highest BCUT2D eigenvalue weighted by atomic mass is 32.1. The van der Waals surface area contributed by atoms with Gasteiger partial charge in [-0.15, -0.1) is 0 Å². The molecule has 1 aliphatic heterocycles. The van der Waals surface area contributed by atoms with E-state index in [-0.39, 0.29) is 10.8 Å². The van der Waals surface area contributed by atoms with Crippen molar-refractivity contribution in [2.45, 2.75) is 6.92 Å². The molecule has 2 N–H and O–H groups in total. The van der Waals surface area contributed by atoms with E-state index in [4.69, 9.17) is 17.3 Å². The summed E-state index contributed by atoms with van der Waals surface area (Å²) in [7, 11) is 0. The zero-order valence-corrected chi connectivity index (χ0v) is 11.0. The van der Waals surface area contributed by atoms with E-state index in [1.165, 1.54) is 0 Å². The first kappa shape index (κ1) is 13.2. The van der Waals surface area contributed by atoms with Crippen molar-refractivity contribution in [3.63, 3.8) is 0 Å². The zero-order valence-electron chi connectivity index (χ0n) is 10.2. The van der Waals surface area contributed by atoms with Gasteiger partial charge in [0.05, 0.1) is 0 Å². The molecule has 1 amide bonds. The third kappa shape index (κ3) is 2.97. The number of nitrogens with zero attached hydrogens (tertiary/aromatic N) is 1. The van der Waals surface area contributed by atoms with Gasteiger partial charge in [0.1, 0.15) is 12.2 Å². The third-order valence-electron chi connectivity index (χ3n) is 2.64. The fourth-order valence-electron chi connectivity index (χ4n) is 1.68. The zero-order chi connectivity index (χ0) is 14.0. The first-order valence-corrected chi connectivity index (χ1v) is 6.01. The van der Waals surface area contributed by atoms with Gasteiger partial charge >= 0.3 is 5.97 Å². The number of thiocarbonyl (C=S) groups is 1. The van der Waals surface area contributed by atoms with Crippen LogP contribution in [0, 0.1) is 6.92 Å². The molecule has 1 aromatic carbocycles. The second-order valence-corrected chi connectivity index (χ2v) is 4.57. The van der Waals surface area contributed by atoms with Crippen molar-refractivity contribution in [2.75, 3.05) is 6.54 Å². The molecule has 6 heteroatoms. The Balaban J connectivity index is 2.23. The van der Waals surface area contributed by atoms with Crippen LogP contribution in [0.2, 0.25) is 0 Å². The largest absolute Gasteiger partial charge is 0.480 e. The number of aryl methyl sites for hydroxylation is 1. The van der Waals surface area contributed by atoms with Crippen LogP contribution in [0.4, 0.5) is 0 Å². The molecular weight excluding hydrogens is 264 g/mol. The Bertz CT molecular complexity index is 578. The van der Waals surface area contributed by atoms with Gasteiger partial charge in [0.25, 0.3) is 5.91 Å². The maximum Gasteiger partial charge on any atom is 0.323 e. The summed E-state index contributed by atoms with van der Waals surface area (Å²) < 4.78 is 0. The summed E-state index contributed by atoms with van der Waals surface area (Å²) in [4.78, 5) is 23.6. The molecule has 0 spiro atoms. The second-order valence-electron chi connectivity index (χ2n) is 4.18. The molecule has 0 aliphatic carbocycles. The van der Waals surface area contributed by atoms with Gasteiger partial charge < -0.3 is 10.4 Å². The molecule has 1 aromatic rings. The lowest BCUT2D eigenvalue weighted by Gasteiger charge is -2.09. The Hall–Kier alpha value is -2.21. The molecule has 2 rings (SSSR count). The summed E-state index contributed by atoms with van der Waals surface area (Å²) in [5.41, 5.74) is 2.26. The highest BCUT2D eigenvalue weighted by Crippen LogP contribution is 2.14. The van der Waals surface area contributed by atoms with Crippen molar-refractivity contribution in [1.82, 2.24) is 10.2 Å². The summed E-state index contributed by atoms with van der Waals surface area (Å²) in [6.45, 7) is 1.54. The summed E-state index contributed by atoms with van der Waals surface area (Å²) in [5.74, 6) is -1.53. The van der Waals surface area contributed by atoms with Crippen molar-refractivity contribution in [2.24, 2.45) is 0 Å². The normalized spacial score (nSPS) is 16.9. The fourth-order valence-corrected chi connectivity index (χ4v) is 1.94. The molecule has 0 unspecified atom stereocenters. The molecule has 5 nitrogen and oxygen atoms in total. The quantitative estimate of drug-likeness (QED) is 0.640. The molecule has 98 valence electrons. The van der Waals surface area contributed by atoms with Crippen LogP contribution in [0.3, 0.4) is 0 Å². The van der Waals surface area contributed by atoms with Crippen LogP contribution in [0.5, 0.6) is 0 Å². The number of carboxylic acids is 1. The van der Waals surface area contributed by atoms with E-state index in [1.807, 2.05) is 31.2 Å². The van der Waals surface area contributed by atoms with Crippen molar-refractivity contribution in [3.05, 3.63) is 41.1 Å². The van der Waals surface area contributed by atoms with Crippen LogP contribution in [0.1, 0.15) is 11.1 Å². The Morgan fingerprint density at radius 1 is 1.42 bits per heavy atom. The number of nitrogens with one attached hydrogen (secondary N) is 1. The van der Waals surface area contributed by atoms with E-state index in [2.05, 4.69) is 5.32 Å². The Morgan fingerprint density at radius 3 is 2.63 bits per heavy atom. The monoisotopic (exact) mass is 276 g/mol. The number of hydrogen-bond acceptors (Lipinski definition) is 3. The Kier molecular flexibility index (Phi) is 3.62. The van der Waals surface area contributed by atoms with Crippen LogP contribution >= 0.6 is 12.2 Å². The number of carboxylic acid groups (broad SMARTS) is 1. The van der Waals surface area contributed by atoms with Gasteiger partial charge in [-0.3, -0.25) is 14.5 Å². The van der Waals surface area contributed by atoms with E-state index >= 15 is 0 Å². The van der Waals surface area contributed by atoms with Gasteiger partial charge in [-0.25, -0.2) is 0 Å². The van der Waals surface area contributed by atoms with Gasteiger partial charge in [0.2, 0.25) is 0 Å². The van der Waals surface area contributed by atoms with Crippen molar-refractivity contribution in [1.29, 1.82) is 0 Å². The molecule has 0 aromatic heterocycles. The Morgan fingerprint density at radius 2 is 2.05 bits per heavy atom. The number of carbonyl (C=O) groups is 2. The average molecular weight is 276 g/mol. The minimum absolute atomic E-state index is 0.116. The number of hydrogen-bond donors (Lipinski definition) is 2. The van der Waals surface area contributed by atoms with E-state index in [1.54, 1.807) is 6.08 Å². The molecule has 0 radical (unpaired) electrons. The van der Waals surface area contributed by atoms with Crippen LogP contribution in [0.25, 0.3) is 6.08 Å². The summed E-state index contributed by atoms with van der Waals surface area (Å²) in [6.07, 6.45) is 1.65. The standard InChI is InChI=1S/C13H12N2O3S/c1-8-2-4-9(5-3-8)6-10-12(18)15(7-11(16)17)13(19)14-10/h2-6H,7H2,1H3,(H,14,19)(H,16,17)/b10-6-. The molecule has 1 fully saturated rings. The molecule has 0 bridgehead atoms. The number of benzene rings is 1. The van der Waals surface area contributed by atoms with Crippen LogP contribution in [-0.4, -0.2) is 33.5 Å². The topological polar surface area (TPSA) is 69.6 Å². The molecule has 1 saturated heterocycles. The van der Waals surface area contributed by atoms with E-state index in [0.717, 1.165) is 16.0 Å². The molecule has 19 heavy (non-hydrogen) atoms. The minimum Gasteiger partial charge on any atom is -0.480 e. The SMILES string of the molecule is Cc1ccc(/C=C2\NC(=S)N(CC(=O)O)C2=O)cc1. The Labute approximate surface area is 115 Å². The molecular formula is C13H12N2O3S. The molecule has 0 atom stereocenters. The lowest BCUT2D eigenvalue weighted by molar-refractivity contribution is -0.140. The van der Waals surface area contributed by atoms with Crippen LogP contribution in [0.15, 0.2) is 30.0 Å². The average Bonchev–Trinajstić information content (AvgIpc) is 2.60. The first-order chi connectivity index (χ1) is 8.97. The first-order valence-electron chi connectivity index (χ1n) is 5.60. The highest BCUT2D eigenvalue weighted by Gasteiger charge is 2.31.